The van der Waals surface area contributed by atoms with Crippen molar-refractivity contribution >= 4 is 29.5 Å². The molecule has 0 unspecified atom stereocenters. The van der Waals surface area contributed by atoms with E-state index in [9.17, 15) is 24.9 Å². The lowest BCUT2D eigenvalue weighted by molar-refractivity contribution is -0.143. The first kappa shape index (κ1) is 32.3. The van der Waals surface area contributed by atoms with Crippen molar-refractivity contribution in [2.75, 3.05) is 13.2 Å². The number of phenolic OH excluding ortho intramolecular Hbond substituents is 1. The first-order valence-corrected chi connectivity index (χ1v) is 16.4. The first-order valence-electron chi connectivity index (χ1n) is 16.1. The number of carbonyl (C=O) groups excluding carboxylic acids is 2. The third-order valence-electron chi connectivity index (χ3n) is 9.52. The monoisotopic (exact) mass is 621 g/mol. The van der Waals surface area contributed by atoms with Gasteiger partial charge in [-0.2, -0.15) is 0 Å². The quantitative estimate of drug-likeness (QED) is 0.180. The molecule has 2 amide bonds. The number of phenols is 1. The fourth-order valence-corrected chi connectivity index (χ4v) is 7.65. The summed E-state index contributed by atoms with van der Waals surface area (Å²) in [4.78, 5) is 29.2. The summed E-state index contributed by atoms with van der Waals surface area (Å²) >= 11 is 6.38. The molecule has 44 heavy (non-hydrogen) atoms. The lowest BCUT2D eigenvalue weighted by Crippen LogP contribution is -2.42. The molecule has 1 saturated carbocycles. The standard InChI is InChI=1S/C36H44ClNO6/c1-2-9-23(18-24-15-16-27(40)20-31(24)37)14-17-32(41)33-25(22-44-28-12-7-4-8-13-28)19-29-34(30(33)21-39)36(43)38(35(29)42)26-10-5-3-6-11-26/h4,7-8,12-13,15-16,18,20,26,29-30,32,34,39-41H,2-3,5-6,9-11,14,17,19,21-22H2,1H3/b23-18+/t29-,30+,32-,34-/m1/s1. The van der Waals surface area contributed by atoms with E-state index < -0.39 is 23.9 Å². The number of aromatic hydroxyl groups is 1. The summed E-state index contributed by atoms with van der Waals surface area (Å²) in [5.41, 5.74) is 3.32. The Balaban J connectivity index is 1.43. The van der Waals surface area contributed by atoms with Crippen molar-refractivity contribution in [3.8, 4) is 11.5 Å². The molecule has 0 spiro atoms. The van der Waals surface area contributed by atoms with Crippen LogP contribution in [0, 0.1) is 17.8 Å². The van der Waals surface area contributed by atoms with Gasteiger partial charge in [0, 0.05) is 12.0 Å². The smallest absolute Gasteiger partial charge is 0.234 e. The van der Waals surface area contributed by atoms with Crippen LogP contribution in [0.5, 0.6) is 11.5 Å². The minimum atomic E-state index is -0.926. The summed E-state index contributed by atoms with van der Waals surface area (Å²) < 4.78 is 6.13. The maximum atomic E-state index is 13.9. The highest BCUT2D eigenvalue weighted by Crippen LogP contribution is 2.48. The van der Waals surface area contributed by atoms with E-state index in [1.165, 1.54) is 11.0 Å². The van der Waals surface area contributed by atoms with Gasteiger partial charge in [0.25, 0.3) is 0 Å². The maximum Gasteiger partial charge on any atom is 0.234 e. The molecule has 0 bridgehead atoms. The summed E-state index contributed by atoms with van der Waals surface area (Å²) in [6, 6.07) is 14.2. The van der Waals surface area contributed by atoms with E-state index in [0.717, 1.165) is 61.7 Å². The molecule has 236 valence electrons. The summed E-state index contributed by atoms with van der Waals surface area (Å²) in [6.45, 7) is 1.93. The van der Waals surface area contributed by atoms with E-state index in [2.05, 4.69) is 6.92 Å². The molecule has 3 aliphatic rings. The Morgan fingerprint density at radius 2 is 1.82 bits per heavy atom. The SMILES string of the molecule is CCC/C(=C\c1ccc(O)cc1Cl)CC[C@@H](O)C1=C(COc2ccccc2)C[C@H]2C(=O)N(C3CCCCC3)C(=O)[C@H]2[C@H]1CO. The topological polar surface area (TPSA) is 107 Å². The van der Waals surface area contributed by atoms with Crippen LogP contribution in [0.25, 0.3) is 6.08 Å². The molecule has 8 heteroatoms. The zero-order valence-electron chi connectivity index (χ0n) is 25.5. The fourth-order valence-electron chi connectivity index (χ4n) is 7.42. The highest BCUT2D eigenvalue weighted by Gasteiger charge is 2.56. The number of likely N-dealkylation sites (tertiary alicyclic amines) is 1. The van der Waals surface area contributed by atoms with Gasteiger partial charge in [-0.15, -0.1) is 0 Å². The van der Waals surface area contributed by atoms with Gasteiger partial charge in [-0.25, -0.2) is 0 Å². The van der Waals surface area contributed by atoms with Crippen LogP contribution >= 0.6 is 11.6 Å². The Kier molecular flexibility index (Phi) is 10.8. The zero-order valence-corrected chi connectivity index (χ0v) is 26.2. The number of aliphatic hydroxyl groups is 2. The number of halogens is 1. The predicted octanol–water partition coefficient (Wildman–Crippen LogP) is 6.69. The van der Waals surface area contributed by atoms with Gasteiger partial charge in [0.2, 0.25) is 11.8 Å². The van der Waals surface area contributed by atoms with E-state index in [4.69, 9.17) is 16.3 Å². The van der Waals surface area contributed by atoms with Crippen LogP contribution in [0.3, 0.4) is 0 Å². The molecule has 2 fully saturated rings. The number of rotatable bonds is 12. The Labute approximate surface area is 265 Å². The first-order chi connectivity index (χ1) is 21.3. The fraction of sp³-hybridized carbons (Fsp3) is 0.500. The molecule has 1 aliphatic heterocycles. The minimum Gasteiger partial charge on any atom is -0.508 e. The molecule has 2 aromatic carbocycles. The van der Waals surface area contributed by atoms with Gasteiger partial charge in [-0.3, -0.25) is 14.5 Å². The second kappa shape index (κ2) is 14.8. The van der Waals surface area contributed by atoms with Crippen molar-refractivity contribution < 1.29 is 29.6 Å². The Morgan fingerprint density at radius 3 is 2.50 bits per heavy atom. The molecule has 0 aromatic heterocycles. The highest BCUT2D eigenvalue weighted by atomic mass is 35.5. The molecule has 0 radical (unpaired) electrons. The van der Waals surface area contributed by atoms with Crippen LogP contribution in [0.2, 0.25) is 5.02 Å². The highest BCUT2D eigenvalue weighted by molar-refractivity contribution is 6.32. The third-order valence-corrected chi connectivity index (χ3v) is 9.85. The van der Waals surface area contributed by atoms with Crippen LogP contribution in [0.1, 0.15) is 76.7 Å². The second-order valence-electron chi connectivity index (χ2n) is 12.4. The molecule has 3 N–H and O–H groups in total. The minimum absolute atomic E-state index is 0.0838. The molecular formula is C36H44ClNO6. The molecule has 4 atom stereocenters. The molecule has 2 aliphatic carbocycles. The number of aliphatic hydroxyl groups excluding tert-OH is 2. The van der Waals surface area contributed by atoms with E-state index in [0.29, 0.717) is 35.6 Å². The Morgan fingerprint density at radius 1 is 1.07 bits per heavy atom. The second-order valence-corrected chi connectivity index (χ2v) is 12.8. The van der Waals surface area contributed by atoms with Gasteiger partial charge in [0.1, 0.15) is 18.1 Å². The van der Waals surface area contributed by atoms with E-state index in [1.807, 2.05) is 36.4 Å². The van der Waals surface area contributed by atoms with Crippen LogP contribution in [-0.2, 0) is 9.59 Å². The lowest BCUT2D eigenvalue weighted by atomic mass is 9.68. The van der Waals surface area contributed by atoms with Crippen LogP contribution in [-0.4, -0.2) is 57.4 Å². The maximum absolute atomic E-state index is 13.9. The normalized spacial score (nSPS) is 23.7. The van der Waals surface area contributed by atoms with Crippen molar-refractivity contribution in [3.63, 3.8) is 0 Å². The molecule has 2 aromatic rings. The number of hydrogen-bond acceptors (Lipinski definition) is 6. The van der Waals surface area contributed by atoms with Gasteiger partial charge >= 0.3 is 0 Å². The van der Waals surface area contributed by atoms with Gasteiger partial charge in [0.15, 0.2) is 0 Å². The molecule has 7 nitrogen and oxygen atoms in total. The van der Waals surface area contributed by atoms with Crippen LogP contribution in [0.15, 0.2) is 65.3 Å². The van der Waals surface area contributed by atoms with Crippen LogP contribution < -0.4 is 4.74 Å². The van der Waals surface area contributed by atoms with Crippen molar-refractivity contribution in [1.82, 2.24) is 4.90 Å². The van der Waals surface area contributed by atoms with Crippen molar-refractivity contribution in [3.05, 3.63) is 75.8 Å². The molecule has 5 rings (SSSR count). The summed E-state index contributed by atoms with van der Waals surface area (Å²) in [5, 5.41) is 32.7. The number of allylic oxidation sites excluding steroid dienone is 1. The van der Waals surface area contributed by atoms with Gasteiger partial charge in [-0.1, -0.05) is 74.1 Å². The number of benzene rings is 2. The number of para-hydroxylation sites is 1. The molecule has 1 heterocycles. The van der Waals surface area contributed by atoms with Crippen molar-refractivity contribution in [2.24, 2.45) is 17.8 Å². The van der Waals surface area contributed by atoms with Crippen molar-refractivity contribution in [2.45, 2.75) is 83.3 Å². The average molecular weight is 622 g/mol. The number of imide groups is 1. The summed E-state index contributed by atoms with van der Waals surface area (Å²) in [6.07, 6.45) is 8.86. The summed E-state index contributed by atoms with van der Waals surface area (Å²) in [7, 11) is 0. The lowest BCUT2D eigenvalue weighted by Gasteiger charge is -2.36. The van der Waals surface area contributed by atoms with Gasteiger partial charge in [-0.05, 0) is 85.6 Å². The predicted molar refractivity (Wildman–Crippen MR) is 171 cm³/mol. The van der Waals surface area contributed by atoms with Crippen LogP contribution in [0.4, 0.5) is 0 Å². The third kappa shape index (κ3) is 7.06. The van der Waals surface area contributed by atoms with E-state index in [-0.39, 0.29) is 36.8 Å². The number of ether oxygens (including phenoxy) is 1. The zero-order chi connectivity index (χ0) is 31.2. The number of amides is 2. The van der Waals surface area contributed by atoms with E-state index in [1.54, 1.807) is 12.1 Å². The Hall–Kier alpha value is -3.13. The summed E-state index contributed by atoms with van der Waals surface area (Å²) in [5.74, 6) is -1.46. The average Bonchev–Trinajstić information content (AvgIpc) is 3.28. The van der Waals surface area contributed by atoms with Gasteiger partial charge in [0.05, 0.1) is 29.6 Å². The Bertz CT molecular complexity index is 1380. The largest absolute Gasteiger partial charge is 0.508 e. The number of nitrogens with zero attached hydrogens (tertiary/aromatic N) is 1. The molecule has 1 saturated heterocycles. The number of hydrogen-bond donors (Lipinski definition) is 3. The van der Waals surface area contributed by atoms with Crippen molar-refractivity contribution in [1.29, 1.82) is 0 Å². The van der Waals surface area contributed by atoms with Gasteiger partial charge < -0.3 is 20.1 Å². The number of carbonyl (C=O) groups is 2. The molecular weight excluding hydrogens is 578 g/mol. The number of fused-ring (bicyclic) bond motifs is 1. The van der Waals surface area contributed by atoms with E-state index >= 15 is 0 Å².